The van der Waals surface area contributed by atoms with Crippen molar-refractivity contribution in [2.45, 2.75) is 39.8 Å². The molecule has 1 atom stereocenters. The number of rotatable bonds is 7. The average molecular weight is 255 g/mol. The van der Waals surface area contributed by atoms with Crippen molar-refractivity contribution in [1.82, 2.24) is 15.2 Å². The van der Waals surface area contributed by atoms with Crippen molar-refractivity contribution in [2.24, 2.45) is 5.92 Å². The molecule has 0 bridgehead atoms. The van der Waals surface area contributed by atoms with Gasteiger partial charge in [-0.1, -0.05) is 20.8 Å². The predicted molar refractivity (Wildman–Crippen MR) is 75.5 cm³/mol. The summed E-state index contributed by atoms with van der Waals surface area (Å²) < 4.78 is 0. The predicted octanol–water partition coefficient (Wildman–Crippen LogP) is 2.38. The SMILES string of the molecule is CCc1ncc(CNCC(C(C)C)N(C)C)s1. The average Bonchev–Trinajstić information content (AvgIpc) is 2.71. The molecule has 4 heteroatoms. The maximum atomic E-state index is 4.37. The van der Waals surface area contributed by atoms with E-state index in [2.05, 4.69) is 50.1 Å². The van der Waals surface area contributed by atoms with Crippen LogP contribution >= 0.6 is 11.3 Å². The Morgan fingerprint density at radius 2 is 2.12 bits per heavy atom. The second kappa shape index (κ2) is 7.09. The number of hydrogen-bond donors (Lipinski definition) is 1. The van der Waals surface area contributed by atoms with Crippen LogP contribution in [-0.4, -0.2) is 36.6 Å². The van der Waals surface area contributed by atoms with Crippen molar-refractivity contribution in [3.63, 3.8) is 0 Å². The molecular formula is C13H25N3S. The van der Waals surface area contributed by atoms with E-state index in [9.17, 15) is 0 Å². The second-order valence-corrected chi connectivity index (χ2v) is 6.18. The van der Waals surface area contributed by atoms with Gasteiger partial charge in [-0.25, -0.2) is 4.98 Å². The van der Waals surface area contributed by atoms with E-state index in [1.54, 1.807) is 0 Å². The summed E-state index contributed by atoms with van der Waals surface area (Å²) in [7, 11) is 4.29. The first-order valence-corrected chi connectivity index (χ1v) is 7.17. The van der Waals surface area contributed by atoms with Gasteiger partial charge in [0.2, 0.25) is 0 Å². The molecule has 1 N–H and O–H groups in total. The maximum absolute atomic E-state index is 4.37. The highest BCUT2D eigenvalue weighted by molar-refractivity contribution is 7.11. The van der Waals surface area contributed by atoms with Crippen molar-refractivity contribution in [1.29, 1.82) is 0 Å². The lowest BCUT2D eigenvalue weighted by Crippen LogP contribution is -2.41. The molecule has 0 saturated heterocycles. The van der Waals surface area contributed by atoms with Crippen molar-refractivity contribution in [3.05, 3.63) is 16.1 Å². The summed E-state index contributed by atoms with van der Waals surface area (Å²) in [6.45, 7) is 8.66. The van der Waals surface area contributed by atoms with E-state index in [4.69, 9.17) is 0 Å². The molecule has 17 heavy (non-hydrogen) atoms. The summed E-state index contributed by atoms with van der Waals surface area (Å²) in [5.74, 6) is 0.671. The van der Waals surface area contributed by atoms with Gasteiger partial charge in [0.05, 0.1) is 5.01 Å². The van der Waals surface area contributed by atoms with E-state index in [-0.39, 0.29) is 0 Å². The van der Waals surface area contributed by atoms with Gasteiger partial charge < -0.3 is 10.2 Å². The minimum Gasteiger partial charge on any atom is -0.310 e. The Morgan fingerprint density at radius 1 is 1.41 bits per heavy atom. The number of likely N-dealkylation sites (N-methyl/N-ethyl adjacent to an activating group) is 1. The van der Waals surface area contributed by atoms with Crippen LogP contribution in [0.15, 0.2) is 6.20 Å². The third-order valence-corrected chi connectivity index (χ3v) is 4.13. The van der Waals surface area contributed by atoms with Gasteiger partial charge in [0, 0.05) is 30.2 Å². The van der Waals surface area contributed by atoms with Gasteiger partial charge in [0.25, 0.3) is 0 Å². The summed E-state index contributed by atoms with van der Waals surface area (Å²) in [4.78, 5) is 8.00. The molecule has 3 nitrogen and oxygen atoms in total. The van der Waals surface area contributed by atoms with E-state index in [0.29, 0.717) is 12.0 Å². The number of thiazole rings is 1. The van der Waals surface area contributed by atoms with Crippen LogP contribution in [-0.2, 0) is 13.0 Å². The molecular weight excluding hydrogens is 230 g/mol. The van der Waals surface area contributed by atoms with Crippen molar-refractivity contribution >= 4 is 11.3 Å². The number of nitrogens with one attached hydrogen (secondary N) is 1. The Hall–Kier alpha value is -0.450. The first-order valence-electron chi connectivity index (χ1n) is 6.35. The Bertz CT molecular complexity index is 312. The molecule has 1 heterocycles. The summed E-state index contributed by atoms with van der Waals surface area (Å²) in [5.41, 5.74) is 0. The van der Waals surface area contributed by atoms with Crippen LogP contribution in [0.2, 0.25) is 0 Å². The largest absolute Gasteiger partial charge is 0.310 e. The van der Waals surface area contributed by atoms with Gasteiger partial charge >= 0.3 is 0 Å². The van der Waals surface area contributed by atoms with Gasteiger partial charge in [0.1, 0.15) is 0 Å². The fraction of sp³-hybridized carbons (Fsp3) is 0.769. The van der Waals surface area contributed by atoms with Crippen LogP contribution in [0.25, 0.3) is 0 Å². The third-order valence-electron chi connectivity index (χ3n) is 2.99. The Kier molecular flexibility index (Phi) is 6.09. The highest BCUT2D eigenvalue weighted by Crippen LogP contribution is 2.13. The summed E-state index contributed by atoms with van der Waals surface area (Å²) in [6, 6.07) is 0.591. The topological polar surface area (TPSA) is 28.2 Å². The molecule has 1 aromatic heterocycles. The van der Waals surface area contributed by atoms with E-state index in [0.717, 1.165) is 19.5 Å². The molecule has 0 fully saturated rings. The third kappa shape index (κ3) is 4.74. The first kappa shape index (κ1) is 14.6. The van der Waals surface area contributed by atoms with E-state index in [1.165, 1.54) is 9.88 Å². The molecule has 0 aliphatic rings. The summed E-state index contributed by atoms with van der Waals surface area (Å²) in [5, 5.41) is 4.76. The molecule has 0 spiro atoms. The molecule has 98 valence electrons. The van der Waals surface area contributed by atoms with Gasteiger partial charge in [-0.3, -0.25) is 0 Å². The van der Waals surface area contributed by atoms with Gasteiger partial charge in [0.15, 0.2) is 0 Å². The summed E-state index contributed by atoms with van der Waals surface area (Å²) in [6.07, 6.45) is 3.04. The molecule has 0 saturated carbocycles. The van der Waals surface area contributed by atoms with Crippen LogP contribution in [0.4, 0.5) is 0 Å². The number of aryl methyl sites for hydroxylation is 1. The zero-order chi connectivity index (χ0) is 12.8. The van der Waals surface area contributed by atoms with Crippen molar-refractivity contribution in [3.8, 4) is 0 Å². The van der Waals surface area contributed by atoms with Crippen LogP contribution in [0, 0.1) is 5.92 Å². The molecule has 0 amide bonds. The highest BCUT2D eigenvalue weighted by Gasteiger charge is 2.14. The van der Waals surface area contributed by atoms with E-state index < -0.39 is 0 Å². The van der Waals surface area contributed by atoms with Gasteiger partial charge in [-0.05, 0) is 26.4 Å². The van der Waals surface area contributed by atoms with Crippen LogP contribution < -0.4 is 5.32 Å². The minimum absolute atomic E-state index is 0.591. The standard InChI is InChI=1S/C13H25N3S/c1-6-13-15-8-11(17-13)7-14-9-12(10(2)3)16(4)5/h8,10,12,14H,6-7,9H2,1-5H3. The normalized spacial score (nSPS) is 13.6. The minimum atomic E-state index is 0.591. The van der Waals surface area contributed by atoms with E-state index in [1.807, 2.05) is 17.5 Å². The maximum Gasteiger partial charge on any atom is 0.0925 e. The van der Waals surface area contributed by atoms with Crippen molar-refractivity contribution in [2.75, 3.05) is 20.6 Å². The quantitative estimate of drug-likeness (QED) is 0.811. The van der Waals surface area contributed by atoms with Crippen molar-refractivity contribution < 1.29 is 0 Å². The fourth-order valence-electron chi connectivity index (χ4n) is 1.95. The highest BCUT2D eigenvalue weighted by atomic mass is 32.1. The molecule has 0 radical (unpaired) electrons. The Morgan fingerprint density at radius 3 is 2.59 bits per heavy atom. The smallest absolute Gasteiger partial charge is 0.0925 e. The summed E-state index contributed by atoms with van der Waals surface area (Å²) >= 11 is 1.81. The van der Waals surface area contributed by atoms with Gasteiger partial charge in [-0.15, -0.1) is 11.3 Å². The Labute approximate surface area is 109 Å². The second-order valence-electron chi connectivity index (χ2n) is 4.98. The Balaban J connectivity index is 2.35. The molecule has 0 aliphatic heterocycles. The molecule has 0 aliphatic carbocycles. The first-order chi connectivity index (χ1) is 8.04. The zero-order valence-electron chi connectivity index (χ0n) is 11.7. The molecule has 1 rings (SSSR count). The lowest BCUT2D eigenvalue weighted by atomic mass is 10.0. The molecule has 0 aromatic carbocycles. The van der Waals surface area contributed by atoms with Crippen LogP contribution in [0.1, 0.15) is 30.7 Å². The number of hydrogen-bond acceptors (Lipinski definition) is 4. The lowest BCUT2D eigenvalue weighted by Gasteiger charge is -2.28. The molecule has 1 aromatic rings. The molecule has 1 unspecified atom stereocenters. The fourth-order valence-corrected chi connectivity index (χ4v) is 2.78. The van der Waals surface area contributed by atoms with E-state index >= 15 is 0 Å². The number of aromatic nitrogens is 1. The lowest BCUT2D eigenvalue weighted by molar-refractivity contribution is 0.224. The van der Waals surface area contributed by atoms with Crippen LogP contribution in [0.3, 0.4) is 0 Å². The van der Waals surface area contributed by atoms with Crippen LogP contribution in [0.5, 0.6) is 0 Å². The number of nitrogens with zero attached hydrogens (tertiary/aromatic N) is 2. The monoisotopic (exact) mass is 255 g/mol. The van der Waals surface area contributed by atoms with Gasteiger partial charge in [-0.2, -0.15) is 0 Å². The zero-order valence-corrected chi connectivity index (χ0v) is 12.5.